The van der Waals surface area contributed by atoms with Gasteiger partial charge in [-0.2, -0.15) is 0 Å². The van der Waals surface area contributed by atoms with Crippen LogP contribution in [-0.4, -0.2) is 18.8 Å². The Bertz CT molecular complexity index is 750. The minimum Gasteiger partial charge on any atom is -0.370 e. The average molecular weight is 341 g/mol. The van der Waals surface area contributed by atoms with Gasteiger partial charge in [-0.1, -0.05) is 18.0 Å². The fraction of sp³-hybridized carbons (Fsp3) is 0.500. The molecule has 1 spiro atoms. The summed E-state index contributed by atoms with van der Waals surface area (Å²) < 4.78 is 60.6. The fourth-order valence-corrected chi connectivity index (χ4v) is 3.50. The fourth-order valence-electron chi connectivity index (χ4n) is 3.50. The maximum absolute atomic E-state index is 14.2. The van der Waals surface area contributed by atoms with Crippen LogP contribution in [-0.2, 0) is 4.74 Å². The Morgan fingerprint density at radius 1 is 1.12 bits per heavy atom. The van der Waals surface area contributed by atoms with Crippen LogP contribution in [0.15, 0.2) is 16.8 Å². The van der Waals surface area contributed by atoms with E-state index in [0.717, 1.165) is 25.7 Å². The molecule has 24 heavy (non-hydrogen) atoms. The number of halogens is 4. The zero-order valence-corrected chi connectivity index (χ0v) is 12.8. The third kappa shape index (κ3) is 2.87. The van der Waals surface area contributed by atoms with Gasteiger partial charge in [0.25, 0.3) is 0 Å². The van der Waals surface area contributed by atoms with Crippen molar-refractivity contribution in [1.82, 2.24) is 0 Å². The van der Waals surface area contributed by atoms with Crippen molar-refractivity contribution in [2.45, 2.75) is 37.7 Å². The zero-order valence-electron chi connectivity index (χ0n) is 12.8. The van der Waals surface area contributed by atoms with Gasteiger partial charge in [-0.05, 0) is 35.6 Å². The molecule has 1 aromatic rings. The van der Waals surface area contributed by atoms with Crippen molar-refractivity contribution in [1.29, 1.82) is 0 Å². The van der Waals surface area contributed by atoms with Crippen LogP contribution in [0.5, 0.6) is 0 Å². The van der Waals surface area contributed by atoms with Gasteiger partial charge in [0.15, 0.2) is 23.3 Å². The Morgan fingerprint density at radius 3 is 2.50 bits per heavy atom. The van der Waals surface area contributed by atoms with E-state index >= 15 is 0 Å². The molecule has 3 rings (SSSR count). The van der Waals surface area contributed by atoms with Crippen molar-refractivity contribution >= 4 is 5.57 Å². The molecule has 1 aromatic carbocycles. The summed E-state index contributed by atoms with van der Waals surface area (Å²) in [6.07, 6.45) is 3.68. The van der Waals surface area contributed by atoms with Crippen LogP contribution in [0.25, 0.3) is 16.0 Å². The number of benzene rings is 1. The maximum atomic E-state index is 14.2. The van der Waals surface area contributed by atoms with E-state index in [4.69, 9.17) is 10.3 Å². The SMILES string of the molecule is [N-]=[N+]=NCC1=C(c2cc(F)c(F)c(F)c2F)CC2(CCCC2)OC1. The van der Waals surface area contributed by atoms with Crippen molar-refractivity contribution in [3.8, 4) is 0 Å². The van der Waals surface area contributed by atoms with Gasteiger partial charge in [0, 0.05) is 23.4 Å². The number of hydrogen-bond acceptors (Lipinski definition) is 2. The Morgan fingerprint density at radius 2 is 1.83 bits per heavy atom. The standard InChI is InChI=1S/C16H15F4N3O/c17-12-5-10(13(18)15(20)14(12)19)11-6-16(3-1-2-4-16)24-8-9(11)7-22-23-21/h5H,1-4,6-8H2. The Hall–Kier alpha value is -2.05. The molecule has 1 aliphatic heterocycles. The molecule has 1 saturated carbocycles. The van der Waals surface area contributed by atoms with E-state index in [1.807, 2.05) is 0 Å². The van der Waals surface area contributed by atoms with E-state index in [1.54, 1.807) is 0 Å². The zero-order chi connectivity index (χ0) is 17.3. The van der Waals surface area contributed by atoms with E-state index in [1.165, 1.54) is 0 Å². The second kappa shape index (κ2) is 6.45. The second-order valence-corrected chi connectivity index (χ2v) is 6.17. The lowest BCUT2D eigenvalue weighted by atomic mass is 9.84. The maximum Gasteiger partial charge on any atom is 0.198 e. The molecule has 0 aromatic heterocycles. The quantitative estimate of drug-likeness (QED) is 0.190. The molecule has 0 saturated heterocycles. The third-order valence-electron chi connectivity index (χ3n) is 4.75. The predicted octanol–water partition coefficient (Wildman–Crippen LogP) is 5.04. The lowest BCUT2D eigenvalue weighted by Crippen LogP contribution is -2.35. The molecule has 0 atom stereocenters. The normalized spacial score (nSPS) is 19.7. The monoisotopic (exact) mass is 341 g/mol. The Kier molecular flexibility index (Phi) is 4.51. The van der Waals surface area contributed by atoms with Crippen LogP contribution in [0.2, 0.25) is 0 Å². The lowest BCUT2D eigenvalue weighted by Gasteiger charge is -2.36. The average Bonchev–Trinajstić information content (AvgIpc) is 3.03. The van der Waals surface area contributed by atoms with Gasteiger partial charge in [0.1, 0.15) is 0 Å². The first-order valence-electron chi connectivity index (χ1n) is 7.66. The van der Waals surface area contributed by atoms with Crippen LogP contribution < -0.4 is 0 Å². The van der Waals surface area contributed by atoms with E-state index < -0.39 is 28.9 Å². The molecular weight excluding hydrogens is 326 g/mol. The van der Waals surface area contributed by atoms with Gasteiger partial charge in [-0.25, -0.2) is 17.6 Å². The number of azide groups is 1. The highest BCUT2D eigenvalue weighted by molar-refractivity contribution is 5.71. The highest BCUT2D eigenvalue weighted by atomic mass is 19.2. The highest BCUT2D eigenvalue weighted by Gasteiger charge is 2.40. The first-order valence-corrected chi connectivity index (χ1v) is 7.66. The minimum absolute atomic E-state index is 0.0917. The largest absolute Gasteiger partial charge is 0.370 e. The number of ether oxygens (including phenoxy) is 1. The smallest absolute Gasteiger partial charge is 0.198 e. The van der Waals surface area contributed by atoms with Crippen LogP contribution >= 0.6 is 0 Å². The molecule has 0 N–H and O–H groups in total. The third-order valence-corrected chi connectivity index (χ3v) is 4.75. The molecular formula is C16H15F4N3O. The summed E-state index contributed by atoms with van der Waals surface area (Å²) in [4.78, 5) is 2.65. The lowest BCUT2D eigenvalue weighted by molar-refractivity contribution is -0.0323. The van der Waals surface area contributed by atoms with Crippen molar-refractivity contribution in [2.24, 2.45) is 5.11 Å². The van der Waals surface area contributed by atoms with Crippen molar-refractivity contribution in [3.05, 3.63) is 50.9 Å². The highest BCUT2D eigenvalue weighted by Crippen LogP contribution is 2.45. The Labute approximate surface area is 135 Å². The van der Waals surface area contributed by atoms with E-state index in [-0.39, 0.29) is 25.1 Å². The first-order chi connectivity index (χ1) is 11.5. The molecule has 2 aliphatic rings. The van der Waals surface area contributed by atoms with Gasteiger partial charge in [-0.15, -0.1) is 0 Å². The predicted molar refractivity (Wildman–Crippen MR) is 79.0 cm³/mol. The summed E-state index contributed by atoms with van der Waals surface area (Å²) in [6.45, 7) is -0.00360. The summed E-state index contributed by atoms with van der Waals surface area (Å²) in [7, 11) is 0. The molecule has 0 radical (unpaired) electrons. The second-order valence-electron chi connectivity index (χ2n) is 6.17. The van der Waals surface area contributed by atoms with E-state index in [0.29, 0.717) is 17.2 Å². The van der Waals surface area contributed by atoms with E-state index in [2.05, 4.69) is 10.0 Å². The molecule has 0 amide bonds. The molecule has 0 unspecified atom stereocenters. The summed E-state index contributed by atoms with van der Waals surface area (Å²) >= 11 is 0. The van der Waals surface area contributed by atoms with Gasteiger partial charge < -0.3 is 4.74 Å². The van der Waals surface area contributed by atoms with Crippen LogP contribution in [0.3, 0.4) is 0 Å². The number of nitrogens with zero attached hydrogens (tertiary/aromatic N) is 3. The van der Waals surface area contributed by atoms with Crippen LogP contribution in [0.1, 0.15) is 37.7 Å². The van der Waals surface area contributed by atoms with Gasteiger partial charge in [0.2, 0.25) is 0 Å². The molecule has 4 nitrogen and oxygen atoms in total. The van der Waals surface area contributed by atoms with Crippen molar-refractivity contribution in [3.63, 3.8) is 0 Å². The van der Waals surface area contributed by atoms with Gasteiger partial charge >= 0.3 is 0 Å². The van der Waals surface area contributed by atoms with Crippen molar-refractivity contribution < 1.29 is 22.3 Å². The topological polar surface area (TPSA) is 58.0 Å². The molecule has 1 fully saturated rings. The molecule has 128 valence electrons. The van der Waals surface area contributed by atoms with E-state index in [9.17, 15) is 17.6 Å². The summed E-state index contributed by atoms with van der Waals surface area (Å²) in [6, 6.07) is 0.660. The van der Waals surface area contributed by atoms with Crippen molar-refractivity contribution in [2.75, 3.05) is 13.2 Å². The number of rotatable bonds is 3. The summed E-state index contributed by atoms with van der Waals surface area (Å²) in [5.74, 6) is -6.56. The molecule has 0 bridgehead atoms. The Balaban J connectivity index is 2.11. The first kappa shape index (κ1) is 16.8. The number of hydrogen-bond donors (Lipinski definition) is 0. The van der Waals surface area contributed by atoms with Gasteiger partial charge in [-0.3, -0.25) is 0 Å². The van der Waals surface area contributed by atoms with Crippen LogP contribution in [0, 0.1) is 23.3 Å². The van der Waals surface area contributed by atoms with Gasteiger partial charge in [0.05, 0.1) is 12.2 Å². The molecule has 1 aliphatic carbocycles. The summed E-state index contributed by atoms with van der Waals surface area (Å²) in [5.41, 5.74) is 8.45. The molecule has 1 heterocycles. The summed E-state index contributed by atoms with van der Waals surface area (Å²) in [5, 5.41) is 3.44. The minimum atomic E-state index is -1.84. The molecule has 8 heteroatoms. The van der Waals surface area contributed by atoms with Crippen LogP contribution in [0.4, 0.5) is 17.6 Å².